The topological polar surface area (TPSA) is 30.5 Å². The highest BCUT2D eigenvalue weighted by molar-refractivity contribution is 5.41. The zero-order valence-electron chi connectivity index (χ0n) is 13.2. The van der Waals surface area contributed by atoms with Gasteiger partial charge in [-0.25, -0.2) is 0 Å². The molecule has 0 radical (unpaired) electrons. The molecule has 1 N–H and O–H groups in total. The molecule has 0 aliphatic carbocycles. The predicted molar refractivity (Wildman–Crippen MR) is 82.6 cm³/mol. The van der Waals surface area contributed by atoms with Gasteiger partial charge >= 0.3 is 0 Å². The van der Waals surface area contributed by atoms with Crippen LogP contribution in [0.5, 0.6) is 5.75 Å². The van der Waals surface area contributed by atoms with E-state index in [1.807, 2.05) is 0 Å². The molecule has 112 valence electrons. The van der Waals surface area contributed by atoms with Gasteiger partial charge in [-0.1, -0.05) is 39.8 Å². The molecule has 1 aromatic rings. The Bertz CT molecular complexity index is 431. The standard InChI is InChI=1S/C17H27NO2/c1-5-13-6-7-16(15(10-13)17(2,3)4)20-12-14-11-18-8-9-19-14/h6-7,10,14,18H,5,8-9,11-12H2,1-4H3. The van der Waals surface area contributed by atoms with E-state index in [9.17, 15) is 0 Å². The van der Waals surface area contributed by atoms with Gasteiger partial charge in [-0.15, -0.1) is 0 Å². The Morgan fingerprint density at radius 1 is 1.35 bits per heavy atom. The van der Waals surface area contributed by atoms with Crippen LogP contribution in [-0.4, -0.2) is 32.4 Å². The maximum atomic E-state index is 6.04. The Kier molecular flexibility index (Phi) is 5.06. The summed E-state index contributed by atoms with van der Waals surface area (Å²) < 4.78 is 11.7. The number of rotatable bonds is 4. The number of nitrogens with one attached hydrogen (secondary N) is 1. The first-order valence-corrected chi connectivity index (χ1v) is 7.59. The van der Waals surface area contributed by atoms with Crippen LogP contribution in [0.3, 0.4) is 0 Å². The van der Waals surface area contributed by atoms with Gasteiger partial charge in [0, 0.05) is 13.1 Å². The van der Waals surface area contributed by atoms with E-state index in [0.717, 1.165) is 31.9 Å². The van der Waals surface area contributed by atoms with E-state index in [4.69, 9.17) is 9.47 Å². The summed E-state index contributed by atoms with van der Waals surface area (Å²) >= 11 is 0. The van der Waals surface area contributed by atoms with E-state index < -0.39 is 0 Å². The minimum atomic E-state index is 0.0895. The molecule has 0 spiro atoms. The molecule has 2 rings (SSSR count). The van der Waals surface area contributed by atoms with Crippen LogP contribution in [0.15, 0.2) is 18.2 Å². The lowest BCUT2D eigenvalue weighted by Gasteiger charge is -2.27. The van der Waals surface area contributed by atoms with Gasteiger partial charge in [-0.3, -0.25) is 0 Å². The molecule has 1 unspecified atom stereocenters. The fourth-order valence-corrected chi connectivity index (χ4v) is 2.42. The van der Waals surface area contributed by atoms with Crippen molar-refractivity contribution >= 4 is 0 Å². The highest BCUT2D eigenvalue weighted by atomic mass is 16.5. The molecule has 1 saturated heterocycles. The van der Waals surface area contributed by atoms with E-state index in [1.165, 1.54) is 11.1 Å². The molecule has 0 aromatic heterocycles. The van der Waals surface area contributed by atoms with E-state index in [-0.39, 0.29) is 11.5 Å². The molecule has 3 heteroatoms. The molecule has 1 heterocycles. The van der Waals surface area contributed by atoms with Gasteiger partial charge in [0.15, 0.2) is 0 Å². The number of ether oxygens (including phenoxy) is 2. The lowest BCUT2D eigenvalue weighted by Crippen LogP contribution is -2.41. The van der Waals surface area contributed by atoms with E-state index in [0.29, 0.717) is 6.61 Å². The summed E-state index contributed by atoms with van der Waals surface area (Å²) in [6, 6.07) is 6.54. The Morgan fingerprint density at radius 2 is 2.15 bits per heavy atom. The third-order valence-electron chi connectivity index (χ3n) is 3.69. The van der Waals surface area contributed by atoms with Crippen LogP contribution < -0.4 is 10.1 Å². The third-order valence-corrected chi connectivity index (χ3v) is 3.69. The van der Waals surface area contributed by atoms with Gasteiger partial charge in [0.2, 0.25) is 0 Å². The van der Waals surface area contributed by atoms with Crippen molar-refractivity contribution in [1.82, 2.24) is 5.32 Å². The van der Waals surface area contributed by atoms with Crippen molar-refractivity contribution in [3.8, 4) is 5.75 Å². The lowest BCUT2D eigenvalue weighted by molar-refractivity contribution is -0.000153. The molecule has 3 nitrogen and oxygen atoms in total. The molecule has 1 aliphatic rings. The fraction of sp³-hybridized carbons (Fsp3) is 0.647. The quantitative estimate of drug-likeness (QED) is 0.918. The van der Waals surface area contributed by atoms with Crippen LogP contribution in [-0.2, 0) is 16.6 Å². The van der Waals surface area contributed by atoms with Crippen molar-refractivity contribution < 1.29 is 9.47 Å². The summed E-state index contributed by atoms with van der Waals surface area (Å²) in [5, 5.41) is 3.33. The first kappa shape index (κ1) is 15.3. The number of benzene rings is 1. The summed E-state index contributed by atoms with van der Waals surface area (Å²) in [6.45, 7) is 12.1. The average molecular weight is 277 g/mol. The monoisotopic (exact) mass is 277 g/mol. The van der Waals surface area contributed by atoms with Gasteiger partial charge < -0.3 is 14.8 Å². The normalized spacial score (nSPS) is 19.9. The van der Waals surface area contributed by atoms with Crippen LogP contribution >= 0.6 is 0 Å². The van der Waals surface area contributed by atoms with Crippen LogP contribution in [0, 0.1) is 0 Å². The number of aryl methyl sites for hydroxylation is 1. The van der Waals surface area contributed by atoms with Crippen molar-refractivity contribution in [2.45, 2.75) is 45.6 Å². The average Bonchev–Trinajstić information content (AvgIpc) is 2.45. The van der Waals surface area contributed by atoms with E-state index >= 15 is 0 Å². The lowest BCUT2D eigenvalue weighted by atomic mass is 9.85. The molecule has 20 heavy (non-hydrogen) atoms. The summed E-state index contributed by atoms with van der Waals surface area (Å²) in [5.41, 5.74) is 2.73. The number of hydrogen-bond donors (Lipinski definition) is 1. The Balaban J connectivity index is 2.09. The Morgan fingerprint density at radius 3 is 2.75 bits per heavy atom. The van der Waals surface area contributed by atoms with E-state index in [2.05, 4.69) is 51.2 Å². The Labute approximate surface area is 122 Å². The molecular weight excluding hydrogens is 250 g/mol. The van der Waals surface area contributed by atoms with Crippen molar-refractivity contribution in [1.29, 1.82) is 0 Å². The maximum Gasteiger partial charge on any atom is 0.123 e. The second kappa shape index (κ2) is 6.59. The molecule has 0 bridgehead atoms. The van der Waals surface area contributed by atoms with Gasteiger partial charge in [0.05, 0.1) is 6.61 Å². The third kappa shape index (κ3) is 3.97. The van der Waals surface area contributed by atoms with Crippen molar-refractivity contribution in [3.05, 3.63) is 29.3 Å². The molecule has 1 aliphatic heterocycles. The predicted octanol–water partition coefficient (Wildman–Crippen LogP) is 2.91. The second-order valence-electron chi connectivity index (χ2n) is 6.44. The highest BCUT2D eigenvalue weighted by Gasteiger charge is 2.21. The molecular formula is C17H27NO2. The first-order chi connectivity index (χ1) is 9.50. The largest absolute Gasteiger partial charge is 0.491 e. The second-order valence-corrected chi connectivity index (χ2v) is 6.44. The van der Waals surface area contributed by atoms with Crippen LogP contribution in [0.4, 0.5) is 0 Å². The van der Waals surface area contributed by atoms with Gasteiger partial charge in [-0.05, 0) is 29.0 Å². The van der Waals surface area contributed by atoms with E-state index in [1.54, 1.807) is 0 Å². The number of hydrogen-bond acceptors (Lipinski definition) is 3. The molecule has 0 amide bonds. The van der Waals surface area contributed by atoms with Gasteiger partial charge in [0.25, 0.3) is 0 Å². The molecule has 0 saturated carbocycles. The minimum absolute atomic E-state index is 0.0895. The minimum Gasteiger partial charge on any atom is -0.491 e. The zero-order valence-corrected chi connectivity index (χ0v) is 13.2. The SMILES string of the molecule is CCc1ccc(OCC2CNCCO2)c(C(C)(C)C)c1. The molecule has 1 atom stereocenters. The van der Waals surface area contributed by atoms with Crippen LogP contribution in [0.2, 0.25) is 0 Å². The molecule has 1 aromatic carbocycles. The van der Waals surface area contributed by atoms with Crippen LogP contribution in [0.1, 0.15) is 38.8 Å². The van der Waals surface area contributed by atoms with Crippen molar-refractivity contribution in [2.24, 2.45) is 0 Å². The Hall–Kier alpha value is -1.06. The number of morpholine rings is 1. The highest BCUT2D eigenvalue weighted by Crippen LogP contribution is 2.32. The maximum absolute atomic E-state index is 6.04. The van der Waals surface area contributed by atoms with Gasteiger partial charge in [-0.2, -0.15) is 0 Å². The van der Waals surface area contributed by atoms with Crippen LogP contribution in [0.25, 0.3) is 0 Å². The summed E-state index contributed by atoms with van der Waals surface area (Å²) in [6.07, 6.45) is 1.21. The smallest absolute Gasteiger partial charge is 0.123 e. The van der Waals surface area contributed by atoms with Gasteiger partial charge in [0.1, 0.15) is 18.5 Å². The fourth-order valence-electron chi connectivity index (χ4n) is 2.42. The zero-order chi connectivity index (χ0) is 14.6. The first-order valence-electron chi connectivity index (χ1n) is 7.59. The van der Waals surface area contributed by atoms with Crippen molar-refractivity contribution in [2.75, 3.05) is 26.3 Å². The summed E-state index contributed by atoms with van der Waals surface area (Å²) in [7, 11) is 0. The summed E-state index contributed by atoms with van der Waals surface area (Å²) in [5.74, 6) is 0.990. The molecule has 1 fully saturated rings. The van der Waals surface area contributed by atoms with Crippen molar-refractivity contribution in [3.63, 3.8) is 0 Å². The summed E-state index contributed by atoms with van der Waals surface area (Å²) in [4.78, 5) is 0.